The van der Waals surface area contributed by atoms with Crippen molar-refractivity contribution < 1.29 is 23.8 Å². The topological polar surface area (TPSA) is 96.2 Å². The van der Waals surface area contributed by atoms with E-state index in [1.165, 1.54) is 18.3 Å². The Morgan fingerprint density at radius 1 is 1.00 bits per heavy atom. The van der Waals surface area contributed by atoms with E-state index in [-0.39, 0.29) is 12.2 Å². The summed E-state index contributed by atoms with van der Waals surface area (Å²) in [4.78, 5) is 45.7. The average molecular weight is 615 g/mol. The van der Waals surface area contributed by atoms with Gasteiger partial charge in [-0.3, -0.25) is 14.2 Å². The molecule has 10 heteroatoms. The van der Waals surface area contributed by atoms with Crippen molar-refractivity contribution in [3.8, 4) is 11.5 Å². The summed E-state index contributed by atoms with van der Waals surface area (Å²) in [5, 5.41) is 0. The number of aromatic nitrogens is 1. The lowest BCUT2D eigenvalue weighted by molar-refractivity contribution is -0.139. The van der Waals surface area contributed by atoms with Gasteiger partial charge in [0, 0.05) is 17.4 Å². The molecule has 0 saturated heterocycles. The number of ether oxygens (including phenoxy) is 3. The predicted octanol–water partition coefficient (Wildman–Crippen LogP) is 4.98. The summed E-state index contributed by atoms with van der Waals surface area (Å²) >= 11 is 2.84. The fourth-order valence-electron chi connectivity index (χ4n) is 4.82. The van der Waals surface area contributed by atoms with Crippen molar-refractivity contribution in [3.05, 3.63) is 115 Å². The van der Waals surface area contributed by atoms with Crippen molar-refractivity contribution in [1.82, 2.24) is 4.57 Å². The van der Waals surface area contributed by atoms with Crippen LogP contribution < -0.4 is 24.4 Å². The van der Waals surface area contributed by atoms with Crippen LogP contribution in [-0.4, -0.2) is 36.0 Å². The zero-order chi connectivity index (χ0) is 30.5. The number of carbonyl (C=O) groups excluding carboxylic acids is 2. The van der Waals surface area contributed by atoms with Crippen molar-refractivity contribution in [2.45, 2.75) is 31.7 Å². The standard InChI is InChI=1S/C33H30N2O6S2/c1-5-39-26-18-21(12-17-25(26)41-20(3)36)19-27-31(37)35-30(23-13-15-24(42-4)16-14-23)28(32(38)40-6-2)29(34-33(35)43-27)22-10-8-7-9-11-22/h7-19,30H,5-6H2,1-4H3/b27-19-/t30-/m0/s1. The summed E-state index contributed by atoms with van der Waals surface area (Å²) < 4.78 is 18.5. The Morgan fingerprint density at radius 3 is 2.40 bits per heavy atom. The average Bonchev–Trinajstić information content (AvgIpc) is 3.32. The molecule has 0 unspecified atom stereocenters. The first-order valence-corrected chi connectivity index (χ1v) is 15.8. The lowest BCUT2D eigenvalue weighted by Gasteiger charge is -2.26. The molecule has 1 atom stereocenters. The van der Waals surface area contributed by atoms with Crippen LogP contribution in [0, 0.1) is 0 Å². The number of thiazole rings is 1. The van der Waals surface area contributed by atoms with Gasteiger partial charge in [-0.05, 0) is 61.6 Å². The number of rotatable bonds is 9. The molecule has 0 N–H and O–H groups in total. The highest BCUT2D eigenvalue weighted by atomic mass is 32.2. The maximum Gasteiger partial charge on any atom is 0.338 e. The first-order valence-electron chi connectivity index (χ1n) is 13.7. The van der Waals surface area contributed by atoms with Gasteiger partial charge in [0.15, 0.2) is 16.3 Å². The van der Waals surface area contributed by atoms with Gasteiger partial charge in [-0.2, -0.15) is 0 Å². The number of nitrogens with zero attached hydrogens (tertiary/aromatic N) is 2. The molecule has 0 radical (unpaired) electrons. The number of benzene rings is 3. The Bertz CT molecular complexity index is 1880. The second kappa shape index (κ2) is 13.3. The molecule has 0 bridgehead atoms. The highest BCUT2D eigenvalue weighted by molar-refractivity contribution is 7.98. The van der Waals surface area contributed by atoms with Gasteiger partial charge in [0.05, 0.1) is 35.1 Å². The van der Waals surface area contributed by atoms with E-state index in [0.717, 1.165) is 16.0 Å². The Kier molecular flexibility index (Phi) is 9.27. The molecule has 0 amide bonds. The van der Waals surface area contributed by atoms with Gasteiger partial charge in [0.25, 0.3) is 5.56 Å². The van der Waals surface area contributed by atoms with E-state index < -0.39 is 18.0 Å². The van der Waals surface area contributed by atoms with E-state index in [9.17, 15) is 14.4 Å². The SMILES string of the molecule is CCOC(=O)C1=C(c2ccccc2)N=c2s/c(=C\c3ccc(OC(C)=O)c(OCC)c3)c(=O)n2[C@H]1c1ccc(SC)cc1. The Labute approximate surface area is 257 Å². The van der Waals surface area contributed by atoms with Crippen LogP contribution in [0.25, 0.3) is 11.8 Å². The fourth-order valence-corrected chi connectivity index (χ4v) is 6.22. The smallest absolute Gasteiger partial charge is 0.338 e. The molecule has 0 fully saturated rings. The summed E-state index contributed by atoms with van der Waals surface area (Å²) in [6.45, 7) is 5.46. The second-order valence-electron chi connectivity index (χ2n) is 9.44. The molecule has 43 heavy (non-hydrogen) atoms. The predicted molar refractivity (Wildman–Crippen MR) is 168 cm³/mol. The normalized spacial score (nSPS) is 14.6. The molecular formula is C33H30N2O6S2. The maximum atomic E-state index is 14.1. The van der Waals surface area contributed by atoms with Gasteiger partial charge in [-0.15, -0.1) is 11.8 Å². The number of hydrogen-bond acceptors (Lipinski definition) is 9. The van der Waals surface area contributed by atoms with Crippen LogP contribution in [0.1, 0.15) is 43.5 Å². The van der Waals surface area contributed by atoms with Crippen molar-refractivity contribution in [3.63, 3.8) is 0 Å². The monoisotopic (exact) mass is 614 g/mol. The van der Waals surface area contributed by atoms with E-state index in [1.54, 1.807) is 47.5 Å². The highest BCUT2D eigenvalue weighted by Crippen LogP contribution is 2.36. The number of esters is 2. The number of hydrogen-bond donors (Lipinski definition) is 0. The summed E-state index contributed by atoms with van der Waals surface area (Å²) in [7, 11) is 0. The van der Waals surface area contributed by atoms with Crippen LogP contribution in [0.3, 0.4) is 0 Å². The molecule has 0 spiro atoms. The molecule has 8 nitrogen and oxygen atoms in total. The maximum absolute atomic E-state index is 14.1. The second-order valence-corrected chi connectivity index (χ2v) is 11.3. The molecule has 1 aliphatic rings. The van der Waals surface area contributed by atoms with Gasteiger partial charge in [0.1, 0.15) is 0 Å². The Balaban J connectivity index is 1.75. The largest absolute Gasteiger partial charge is 0.490 e. The summed E-state index contributed by atoms with van der Waals surface area (Å²) in [5.41, 5.74) is 2.66. The first kappa shape index (κ1) is 30.1. The molecule has 3 aromatic carbocycles. The van der Waals surface area contributed by atoms with Crippen molar-refractivity contribution in [2.24, 2.45) is 4.99 Å². The van der Waals surface area contributed by atoms with Gasteiger partial charge >= 0.3 is 11.9 Å². The van der Waals surface area contributed by atoms with Crippen LogP contribution in [-0.2, 0) is 14.3 Å². The molecule has 0 saturated carbocycles. The van der Waals surface area contributed by atoms with Gasteiger partial charge < -0.3 is 14.2 Å². The van der Waals surface area contributed by atoms with Crippen molar-refractivity contribution in [2.75, 3.05) is 19.5 Å². The third kappa shape index (κ3) is 6.35. The third-order valence-electron chi connectivity index (χ3n) is 6.62. The number of carbonyl (C=O) groups is 2. The van der Waals surface area contributed by atoms with E-state index in [0.29, 0.717) is 44.3 Å². The lowest BCUT2D eigenvalue weighted by atomic mass is 9.93. The minimum absolute atomic E-state index is 0.179. The van der Waals surface area contributed by atoms with E-state index in [4.69, 9.17) is 19.2 Å². The van der Waals surface area contributed by atoms with E-state index in [2.05, 4.69) is 0 Å². The van der Waals surface area contributed by atoms with Crippen LogP contribution in [0.15, 0.2) is 93.1 Å². The Hall–Kier alpha value is -4.41. The zero-order valence-electron chi connectivity index (χ0n) is 24.2. The molecule has 4 aromatic rings. The Morgan fingerprint density at radius 2 is 1.74 bits per heavy atom. The summed E-state index contributed by atoms with van der Waals surface area (Å²) in [5.74, 6) is -0.296. The van der Waals surface area contributed by atoms with Gasteiger partial charge in [-0.25, -0.2) is 9.79 Å². The molecule has 1 aliphatic heterocycles. The van der Waals surface area contributed by atoms with Crippen LogP contribution in [0.5, 0.6) is 11.5 Å². The quantitative estimate of drug-likeness (QED) is 0.149. The van der Waals surface area contributed by atoms with Crippen LogP contribution in [0.2, 0.25) is 0 Å². The van der Waals surface area contributed by atoms with Crippen LogP contribution in [0.4, 0.5) is 0 Å². The number of fused-ring (bicyclic) bond motifs is 1. The van der Waals surface area contributed by atoms with Crippen LogP contribution >= 0.6 is 23.1 Å². The molecular weight excluding hydrogens is 585 g/mol. The van der Waals surface area contributed by atoms with Gasteiger partial charge in [-0.1, -0.05) is 59.9 Å². The zero-order valence-corrected chi connectivity index (χ0v) is 25.8. The number of thioether (sulfide) groups is 1. The van der Waals surface area contributed by atoms with E-state index in [1.807, 2.05) is 67.8 Å². The minimum atomic E-state index is -0.756. The first-order chi connectivity index (χ1) is 20.8. The summed E-state index contributed by atoms with van der Waals surface area (Å²) in [6.07, 6.45) is 3.74. The molecule has 1 aromatic heterocycles. The third-order valence-corrected chi connectivity index (χ3v) is 8.35. The summed E-state index contributed by atoms with van der Waals surface area (Å²) in [6, 6.07) is 21.6. The van der Waals surface area contributed by atoms with E-state index >= 15 is 0 Å². The lowest BCUT2D eigenvalue weighted by Crippen LogP contribution is -2.40. The fraction of sp³-hybridized carbons (Fsp3) is 0.212. The highest BCUT2D eigenvalue weighted by Gasteiger charge is 2.35. The molecule has 5 rings (SSSR count). The van der Waals surface area contributed by atoms with Crippen molar-refractivity contribution >= 4 is 46.8 Å². The molecule has 0 aliphatic carbocycles. The minimum Gasteiger partial charge on any atom is -0.490 e. The van der Waals surface area contributed by atoms with Gasteiger partial charge in [0.2, 0.25) is 0 Å². The molecule has 2 heterocycles. The van der Waals surface area contributed by atoms with Crippen molar-refractivity contribution in [1.29, 1.82) is 0 Å². The molecule has 220 valence electrons.